The van der Waals surface area contributed by atoms with Gasteiger partial charge in [0.05, 0.1) is 12.2 Å². The largest absolute Gasteiger partial charge is 0.482 e. The fourth-order valence-electron chi connectivity index (χ4n) is 2.47. The number of benzene rings is 2. The molecule has 2 aromatic carbocycles. The molecule has 0 aromatic heterocycles. The summed E-state index contributed by atoms with van der Waals surface area (Å²) in [6, 6.07) is 14.0. The van der Waals surface area contributed by atoms with E-state index >= 15 is 0 Å². The summed E-state index contributed by atoms with van der Waals surface area (Å²) in [6.45, 7) is 8.29. The molecule has 0 atom stereocenters. The minimum atomic E-state index is -0.544. The molecular weight excluding hydrogens is 344 g/mol. The van der Waals surface area contributed by atoms with Crippen LogP contribution in [0.3, 0.4) is 0 Å². The standard InChI is InChI=1S/C22H26O5/c1-5-13-25-21(24)16-9-8-10-17(14-16)27-20(23)15-26-19-12-7-6-11-18(19)22(2,3)4/h6-12,14H,5,13,15H2,1-4H3. The molecule has 5 heteroatoms. The average molecular weight is 370 g/mol. The van der Waals surface area contributed by atoms with Crippen molar-refractivity contribution in [1.29, 1.82) is 0 Å². The Kier molecular flexibility index (Phi) is 6.99. The van der Waals surface area contributed by atoms with E-state index in [0.29, 0.717) is 17.9 Å². The number of carbonyl (C=O) groups is 2. The molecule has 0 amide bonds. The van der Waals surface area contributed by atoms with Crippen molar-refractivity contribution in [3.05, 3.63) is 59.7 Å². The Morgan fingerprint density at radius 2 is 1.74 bits per heavy atom. The zero-order valence-electron chi connectivity index (χ0n) is 16.3. The van der Waals surface area contributed by atoms with Gasteiger partial charge in [-0.3, -0.25) is 0 Å². The van der Waals surface area contributed by atoms with Gasteiger partial charge in [0, 0.05) is 0 Å². The molecule has 0 heterocycles. The van der Waals surface area contributed by atoms with Crippen LogP contribution >= 0.6 is 0 Å². The smallest absolute Gasteiger partial charge is 0.349 e. The van der Waals surface area contributed by atoms with Crippen LogP contribution in [0.25, 0.3) is 0 Å². The van der Waals surface area contributed by atoms with Gasteiger partial charge in [-0.05, 0) is 41.7 Å². The number of ether oxygens (including phenoxy) is 3. The van der Waals surface area contributed by atoms with Gasteiger partial charge in [0.15, 0.2) is 6.61 Å². The van der Waals surface area contributed by atoms with Gasteiger partial charge >= 0.3 is 11.9 Å². The first-order valence-electron chi connectivity index (χ1n) is 9.01. The highest BCUT2D eigenvalue weighted by atomic mass is 16.6. The van der Waals surface area contributed by atoms with E-state index < -0.39 is 11.9 Å². The molecule has 2 aromatic rings. The number of esters is 2. The first kappa shape index (κ1) is 20.5. The summed E-state index contributed by atoms with van der Waals surface area (Å²) in [7, 11) is 0. The van der Waals surface area contributed by atoms with Gasteiger partial charge in [-0.1, -0.05) is 52.0 Å². The van der Waals surface area contributed by atoms with Crippen LogP contribution in [0.2, 0.25) is 0 Å². The van der Waals surface area contributed by atoms with Crippen LogP contribution in [0, 0.1) is 0 Å². The molecule has 0 spiro atoms. The average Bonchev–Trinajstić information content (AvgIpc) is 2.64. The lowest BCUT2D eigenvalue weighted by Gasteiger charge is -2.22. The molecule has 0 N–H and O–H groups in total. The minimum absolute atomic E-state index is 0.103. The minimum Gasteiger partial charge on any atom is -0.482 e. The number of para-hydroxylation sites is 1. The van der Waals surface area contributed by atoms with E-state index in [4.69, 9.17) is 14.2 Å². The van der Waals surface area contributed by atoms with Crippen LogP contribution < -0.4 is 9.47 Å². The number of rotatable bonds is 7. The zero-order valence-corrected chi connectivity index (χ0v) is 16.3. The van der Waals surface area contributed by atoms with E-state index in [0.717, 1.165) is 12.0 Å². The normalized spacial score (nSPS) is 11.0. The lowest BCUT2D eigenvalue weighted by molar-refractivity contribution is -0.136. The van der Waals surface area contributed by atoms with Crippen molar-refractivity contribution in [3.63, 3.8) is 0 Å². The van der Waals surface area contributed by atoms with Crippen molar-refractivity contribution >= 4 is 11.9 Å². The van der Waals surface area contributed by atoms with E-state index in [9.17, 15) is 9.59 Å². The van der Waals surface area contributed by atoms with E-state index in [1.807, 2.05) is 31.2 Å². The van der Waals surface area contributed by atoms with Crippen LogP contribution in [0.4, 0.5) is 0 Å². The first-order chi connectivity index (χ1) is 12.8. The molecule has 0 aliphatic rings. The van der Waals surface area contributed by atoms with Crippen LogP contribution in [0.15, 0.2) is 48.5 Å². The summed E-state index contributed by atoms with van der Waals surface area (Å²) in [5.74, 6) is -0.0552. The summed E-state index contributed by atoms with van der Waals surface area (Å²) in [4.78, 5) is 24.0. The Labute approximate surface area is 160 Å². The van der Waals surface area contributed by atoms with E-state index in [1.165, 1.54) is 6.07 Å². The van der Waals surface area contributed by atoms with Gasteiger partial charge in [-0.15, -0.1) is 0 Å². The molecular formula is C22H26O5. The molecule has 0 radical (unpaired) electrons. The van der Waals surface area contributed by atoms with Gasteiger partial charge in [-0.2, -0.15) is 0 Å². The van der Waals surface area contributed by atoms with Gasteiger partial charge in [-0.25, -0.2) is 9.59 Å². The maximum Gasteiger partial charge on any atom is 0.349 e. The molecule has 2 rings (SSSR count). The van der Waals surface area contributed by atoms with E-state index in [2.05, 4.69) is 20.8 Å². The van der Waals surface area contributed by atoms with Crippen LogP contribution in [-0.2, 0) is 14.9 Å². The molecule has 0 fully saturated rings. The Hall–Kier alpha value is -2.82. The lowest BCUT2D eigenvalue weighted by Crippen LogP contribution is -2.20. The third kappa shape index (κ3) is 6.13. The number of hydrogen-bond acceptors (Lipinski definition) is 5. The SMILES string of the molecule is CCCOC(=O)c1cccc(OC(=O)COc2ccccc2C(C)(C)C)c1. The van der Waals surface area contributed by atoms with Crippen LogP contribution in [0.1, 0.15) is 50.0 Å². The topological polar surface area (TPSA) is 61.8 Å². The van der Waals surface area contributed by atoms with Crippen LogP contribution in [-0.4, -0.2) is 25.2 Å². The maximum atomic E-state index is 12.1. The predicted octanol–water partition coefficient (Wildman–Crippen LogP) is 4.54. The summed E-state index contributed by atoms with van der Waals surface area (Å²) in [5.41, 5.74) is 1.25. The molecule has 0 aliphatic heterocycles. The fourth-order valence-corrected chi connectivity index (χ4v) is 2.47. The Morgan fingerprint density at radius 3 is 2.44 bits per heavy atom. The maximum absolute atomic E-state index is 12.1. The highest BCUT2D eigenvalue weighted by Crippen LogP contribution is 2.30. The second-order valence-corrected chi connectivity index (χ2v) is 7.17. The van der Waals surface area contributed by atoms with Gasteiger partial charge in [0.2, 0.25) is 0 Å². The van der Waals surface area contributed by atoms with Crippen molar-refractivity contribution in [2.45, 2.75) is 39.5 Å². The molecule has 0 saturated heterocycles. The lowest BCUT2D eigenvalue weighted by atomic mass is 9.86. The Morgan fingerprint density at radius 1 is 1.00 bits per heavy atom. The highest BCUT2D eigenvalue weighted by Gasteiger charge is 2.19. The van der Waals surface area contributed by atoms with Crippen molar-refractivity contribution in [2.75, 3.05) is 13.2 Å². The van der Waals surface area contributed by atoms with Gasteiger partial charge < -0.3 is 14.2 Å². The molecule has 27 heavy (non-hydrogen) atoms. The Bertz CT molecular complexity index is 789. The summed E-state index contributed by atoms with van der Waals surface area (Å²) in [6.07, 6.45) is 0.744. The van der Waals surface area contributed by atoms with Crippen LogP contribution in [0.5, 0.6) is 11.5 Å². The predicted molar refractivity (Wildman–Crippen MR) is 103 cm³/mol. The second kappa shape index (κ2) is 9.21. The molecule has 0 bridgehead atoms. The van der Waals surface area contributed by atoms with Crippen molar-refractivity contribution in [1.82, 2.24) is 0 Å². The van der Waals surface area contributed by atoms with Crippen molar-refractivity contribution in [2.24, 2.45) is 0 Å². The molecule has 144 valence electrons. The number of hydrogen-bond donors (Lipinski definition) is 0. The number of carbonyl (C=O) groups excluding carboxylic acids is 2. The monoisotopic (exact) mass is 370 g/mol. The van der Waals surface area contributed by atoms with E-state index in [-0.39, 0.29) is 17.8 Å². The van der Waals surface area contributed by atoms with Crippen molar-refractivity contribution < 1.29 is 23.8 Å². The fraction of sp³-hybridized carbons (Fsp3) is 0.364. The van der Waals surface area contributed by atoms with Gasteiger partial charge in [0.1, 0.15) is 11.5 Å². The zero-order chi connectivity index (χ0) is 19.9. The quantitative estimate of drug-likeness (QED) is 0.529. The third-order valence-electron chi connectivity index (χ3n) is 3.78. The second-order valence-electron chi connectivity index (χ2n) is 7.17. The van der Waals surface area contributed by atoms with E-state index in [1.54, 1.807) is 18.2 Å². The summed E-state index contributed by atoms with van der Waals surface area (Å²) >= 11 is 0. The molecule has 0 aliphatic carbocycles. The first-order valence-corrected chi connectivity index (χ1v) is 9.01. The third-order valence-corrected chi connectivity index (χ3v) is 3.78. The molecule has 0 saturated carbocycles. The van der Waals surface area contributed by atoms with Crippen molar-refractivity contribution in [3.8, 4) is 11.5 Å². The summed E-state index contributed by atoms with van der Waals surface area (Å²) < 4.78 is 16.0. The molecule has 0 unspecified atom stereocenters. The van der Waals surface area contributed by atoms with Gasteiger partial charge in [0.25, 0.3) is 0 Å². The summed E-state index contributed by atoms with van der Waals surface area (Å²) in [5, 5.41) is 0. The molecule has 5 nitrogen and oxygen atoms in total. The highest BCUT2D eigenvalue weighted by molar-refractivity contribution is 5.90. The Balaban J connectivity index is 1.98.